The van der Waals surface area contributed by atoms with Crippen LogP contribution in [0.3, 0.4) is 0 Å². The van der Waals surface area contributed by atoms with E-state index in [0.717, 1.165) is 18.8 Å². The number of imidazole rings is 1. The van der Waals surface area contributed by atoms with Gasteiger partial charge in [0.15, 0.2) is 0 Å². The molecule has 0 atom stereocenters. The van der Waals surface area contributed by atoms with Gasteiger partial charge < -0.3 is 14.3 Å². The lowest BCUT2D eigenvalue weighted by Crippen LogP contribution is -2.54. The van der Waals surface area contributed by atoms with E-state index in [-0.39, 0.29) is 5.41 Å². The van der Waals surface area contributed by atoms with E-state index in [2.05, 4.69) is 27.4 Å². The largest absolute Gasteiger partial charge is 0.419 e. The molecule has 3 heterocycles. The average molecular weight is 219 g/mol. The van der Waals surface area contributed by atoms with Crippen molar-refractivity contribution < 1.29 is 4.42 Å². The predicted octanol–water partition coefficient (Wildman–Crippen LogP) is 0.331. The minimum absolute atomic E-state index is 0.0139. The Bertz CT molecular complexity index is 511. The molecule has 1 aliphatic rings. The summed E-state index contributed by atoms with van der Waals surface area (Å²) in [4.78, 5) is 4.18. The highest BCUT2D eigenvalue weighted by molar-refractivity contribution is 5.44. The standard InChI is InChI=1S/C10H13N5O/c1-10(4-11-5-10)9-14-13-8(16-9)7-3-15(2)6-12-7/h3,6,11H,4-5H2,1-2H3. The summed E-state index contributed by atoms with van der Waals surface area (Å²) in [5.41, 5.74) is 0.706. The van der Waals surface area contributed by atoms with Gasteiger partial charge in [-0.3, -0.25) is 0 Å². The summed E-state index contributed by atoms with van der Waals surface area (Å²) >= 11 is 0. The number of nitrogens with one attached hydrogen (secondary N) is 1. The molecule has 0 saturated carbocycles. The molecule has 1 saturated heterocycles. The molecule has 1 N–H and O–H groups in total. The van der Waals surface area contributed by atoms with Crippen molar-refractivity contribution in [1.82, 2.24) is 25.1 Å². The van der Waals surface area contributed by atoms with E-state index in [1.54, 1.807) is 6.33 Å². The third-order valence-electron chi connectivity index (χ3n) is 2.90. The van der Waals surface area contributed by atoms with Crippen LogP contribution in [-0.4, -0.2) is 32.8 Å². The Hall–Kier alpha value is -1.69. The van der Waals surface area contributed by atoms with Gasteiger partial charge in [-0.05, 0) is 6.92 Å². The fourth-order valence-corrected chi connectivity index (χ4v) is 1.75. The highest BCUT2D eigenvalue weighted by atomic mass is 16.4. The van der Waals surface area contributed by atoms with Gasteiger partial charge >= 0.3 is 0 Å². The van der Waals surface area contributed by atoms with Crippen molar-refractivity contribution in [2.75, 3.05) is 13.1 Å². The Morgan fingerprint density at radius 2 is 2.25 bits per heavy atom. The number of rotatable bonds is 2. The summed E-state index contributed by atoms with van der Waals surface area (Å²) in [6.07, 6.45) is 3.57. The van der Waals surface area contributed by atoms with Crippen LogP contribution < -0.4 is 5.32 Å². The Morgan fingerprint density at radius 1 is 1.44 bits per heavy atom. The maximum Gasteiger partial charge on any atom is 0.267 e. The Balaban J connectivity index is 1.93. The molecule has 0 aromatic carbocycles. The van der Waals surface area contributed by atoms with Gasteiger partial charge in [-0.25, -0.2) is 4.98 Å². The molecule has 2 aromatic heterocycles. The molecule has 6 heteroatoms. The van der Waals surface area contributed by atoms with Gasteiger partial charge in [-0.2, -0.15) is 0 Å². The van der Waals surface area contributed by atoms with Gasteiger partial charge in [-0.1, -0.05) is 0 Å². The van der Waals surface area contributed by atoms with Gasteiger partial charge in [-0.15, -0.1) is 10.2 Å². The first-order chi connectivity index (χ1) is 7.67. The Morgan fingerprint density at radius 3 is 2.81 bits per heavy atom. The fraction of sp³-hybridized carbons (Fsp3) is 0.500. The summed E-state index contributed by atoms with van der Waals surface area (Å²) in [5.74, 6) is 1.18. The molecule has 0 amide bonds. The Kier molecular flexibility index (Phi) is 1.88. The lowest BCUT2D eigenvalue weighted by molar-refractivity contribution is 0.244. The lowest BCUT2D eigenvalue weighted by atomic mass is 9.84. The second-order valence-corrected chi connectivity index (χ2v) is 4.50. The molecule has 16 heavy (non-hydrogen) atoms. The second kappa shape index (κ2) is 3.15. The van der Waals surface area contributed by atoms with E-state index in [4.69, 9.17) is 4.42 Å². The van der Waals surface area contributed by atoms with E-state index >= 15 is 0 Å². The van der Waals surface area contributed by atoms with E-state index in [0.29, 0.717) is 11.8 Å². The van der Waals surface area contributed by atoms with Gasteiger partial charge in [0, 0.05) is 26.3 Å². The van der Waals surface area contributed by atoms with Gasteiger partial charge in [0.25, 0.3) is 5.89 Å². The molecular formula is C10H13N5O. The van der Waals surface area contributed by atoms with E-state index in [9.17, 15) is 0 Å². The lowest BCUT2D eigenvalue weighted by Gasteiger charge is -2.35. The van der Waals surface area contributed by atoms with Crippen LogP contribution in [0.1, 0.15) is 12.8 Å². The molecule has 0 unspecified atom stereocenters. The van der Waals surface area contributed by atoms with Crippen molar-refractivity contribution in [3.8, 4) is 11.6 Å². The molecule has 3 rings (SSSR count). The van der Waals surface area contributed by atoms with Crippen LogP contribution in [0.2, 0.25) is 0 Å². The molecule has 0 spiro atoms. The number of aromatic nitrogens is 4. The summed E-state index contributed by atoms with van der Waals surface area (Å²) < 4.78 is 7.50. The molecule has 0 radical (unpaired) electrons. The van der Waals surface area contributed by atoms with Crippen molar-refractivity contribution in [2.45, 2.75) is 12.3 Å². The van der Waals surface area contributed by atoms with Crippen LogP contribution in [0.4, 0.5) is 0 Å². The molecule has 1 aliphatic heterocycles. The van der Waals surface area contributed by atoms with Crippen LogP contribution >= 0.6 is 0 Å². The minimum Gasteiger partial charge on any atom is -0.419 e. The van der Waals surface area contributed by atoms with Gasteiger partial charge in [0.2, 0.25) is 5.89 Å². The number of hydrogen-bond donors (Lipinski definition) is 1. The zero-order valence-electron chi connectivity index (χ0n) is 9.27. The molecule has 2 aromatic rings. The van der Waals surface area contributed by atoms with Crippen LogP contribution in [0.15, 0.2) is 16.9 Å². The van der Waals surface area contributed by atoms with Crippen LogP contribution in [0.25, 0.3) is 11.6 Å². The highest BCUT2D eigenvalue weighted by Gasteiger charge is 2.39. The fourth-order valence-electron chi connectivity index (χ4n) is 1.75. The Labute approximate surface area is 92.7 Å². The van der Waals surface area contributed by atoms with E-state index in [1.807, 2.05) is 17.8 Å². The maximum atomic E-state index is 5.65. The summed E-state index contributed by atoms with van der Waals surface area (Å²) in [7, 11) is 1.91. The molecule has 0 bridgehead atoms. The topological polar surface area (TPSA) is 68.8 Å². The average Bonchev–Trinajstić information content (AvgIpc) is 2.82. The molecule has 84 valence electrons. The molecule has 6 nitrogen and oxygen atoms in total. The first kappa shape index (κ1) is 9.53. The van der Waals surface area contributed by atoms with Gasteiger partial charge in [0.05, 0.1) is 11.7 Å². The smallest absolute Gasteiger partial charge is 0.267 e. The van der Waals surface area contributed by atoms with Crippen molar-refractivity contribution in [3.63, 3.8) is 0 Å². The van der Waals surface area contributed by atoms with E-state index < -0.39 is 0 Å². The highest BCUT2D eigenvalue weighted by Crippen LogP contribution is 2.28. The van der Waals surface area contributed by atoms with Crippen molar-refractivity contribution in [3.05, 3.63) is 18.4 Å². The van der Waals surface area contributed by atoms with Crippen LogP contribution in [-0.2, 0) is 12.5 Å². The predicted molar refractivity (Wildman–Crippen MR) is 56.7 cm³/mol. The van der Waals surface area contributed by atoms with E-state index in [1.165, 1.54) is 0 Å². The third-order valence-corrected chi connectivity index (χ3v) is 2.90. The zero-order valence-corrected chi connectivity index (χ0v) is 9.27. The summed E-state index contributed by atoms with van der Waals surface area (Å²) in [5, 5.41) is 11.3. The third kappa shape index (κ3) is 1.34. The first-order valence-electron chi connectivity index (χ1n) is 5.20. The number of aryl methyl sites for hydroxylation is 1. The molecule has 1 fully saturated rings. The first-order valence-corrected chi connectivity index (χ1v) is 5.20. The van der Waals surface area contributed by atoms with Crippen molar-refractivity contribution in [1.29, 1.82) is 0 Å². The normalized spacial score (nSPS) is 18.4. The summed E-state index contributed by atoms with van der Waals surface area (Å²) in [6.45, 7) is 3.88. The quantitative estimate of drug-likeness (QED) is 0.788. The monoisotopic (exact) mass is 219 g/mol. The van der Waals surface area contributed by atoms with Crippen LogP contribution in [0, 0.1) is 0 Å². The summed E-state index contributed by atoms with van der Waals surface area (Å²) in [6, 6.07) is 0. The van der Waals surface area contributed by atoms with Crippen molar-refractivity contribution in [2.24, 2.45) is 7.05 Å². The van der Waals surface area contributed by atoms with Crippen LogP contribution in [0.5, 0.6) is 0 Å². The zero-order chi connectivity index (χ0) is 11.2. The maximum absolute atomic E-state index is 5.65. The second-order valence-electron chi connectivity index (χ2n) is 4.50. The molecular weight excluding hydrogens is 206 g/mol. The molecule has 0 aliphatic carbocycles. The number of nitrogens with zero attached hydrogens (tertiary/aromatic N) is 4. The van der Waals surface area contributed by atoms with Gasteiger partial charge in [0.1, 0.15) is 5.69 Å². The SMILES string of the molecule is Cn1cnc(-c2nnc(C3(C)CNC3)o2)c1. The minimum atomic E-state index is -0.0139. The van der Waals surface area contributed by atoms with Crippen molar-refractivity contribution >= 4 is 0 Å². The number of hydrogen-bond acceptors (Lipinski definition) is 5.